The van der Waals surface area contributed by atoms with Crippen LogP contribution in [0.1, 0.15) is 27.0 Å². The fraction of sp³-hybridized carbons (Fsp3) is 0.154. The summed E-state index contributed by atoms with van der Waals surface area (Å²) in [5.41, 5.74) is 4.29. The highest BCUT2D eigenvalue weighted by atomic mass is 35.5. The van der Waals surface area contributed by atoms with E-state index in [1.165, 1.54) is 0 Å². The van der Waals surface area contributed by atoms with Crippen LogP contribution in [0.4, 0.5) is 0 Å². The van der Waals surface area contributed by atoms with Crippen molar-refractivity contribution in [2.75, 3.05) is 0 Å². The molecular weight excluding hydrogens is 408 g/mol. The lowest BCUT2D eigenvalue weighted by atomic mass is 9.95. The Morgan fingerprint density at radius 1 is 1.00 bits per heavy atom. The average Bonchev–Trinajstić information content (AvgIpc) is 3.25. The van der Waals surface area contributed by atoms with Crippen molar-refractivity contribution in [1.29, 1.82) is 0 Å². The summed E-state index contributed by atoms with van der Waals surface area (Å²) in [6.45, 7) is 1.95. The maximum Gasteiger partial charge on any atom is 0.252 e. The fourth-order valence-electron chi connectivity index (χ4n) is 3.76. The number of carbonyl (C=O) groups is 2. The number of fused-ring (bicyclic) bond motifs is 1. The van der Waals surface area contributed by atoms with Gasteiger partial charge in [0.25, 0.3) is 5.91 Å². The molecule has 0 bridgehead atoms. The van der Waals surface area contributed by atoms with E-state index in [-0.39, 0.29) is 18.1 Å². The molecule has 1 atom stereocenters. The quantitative estimate of drug-likeness (QED) is 0.419. The number of rotatable bonds is 7. The number of hydrogen-bond acceptors (Lipinski definition) is 2. The van der Waals surface area contributed by atoms with E-state index in [4.69, 9.17) is 11.6 Å². The number of aromatic nitrogens is 1. The summed E-state index contributed by atoms with van der Waals surface area (Å²) in [5, 5.41) is 4.41. The predicted octanol–water partition coefficient (Wildman–Crippen LogP) is 5.28. The molecule has 0 aliphatic heterocycles. The third-order valence-electron chi connectivity index (χ3n) is 5.49. The standard InChI is InChI=1S/C26H23ClN2O2/c1-17-10-11-20(27)15-19(17)16-25(30)24(14-18-6-3-2-4-7-18)29-26(31)22-8-5-9-23-21(22)12-13-28-23/h2-13,15,24,28H,14,16H2,1H3,(H,29,31). The van der Waals surface area contributed by atoms with Crippen LogP contribution in [-0.2, 0) is 17.6 Å². The zero-order chi connectivity index (χ0) is 21.8. The van der Waals surface area contributed by atoms with Crippen molar-refractivity contribution < 1.29 is 9.59 Å². The summed E-state index contributed by atoms with van der Waals surface area (Å²) in [6, 6.07) is 22.0. The summed E-state index contributed by atoms with van der Waals surface area (Å²) < 4.78 is 0. The Labute approximate surface area is 186 Å². The average molecular weight is 431 g/mol. The van der Waals surface area contributed by atoms with Crippen molar-refractivity contribution >= 4 is 34.2 Å². The van der Waals surface area contributed by atoms with Crippen molar-refractivity contribution in [2.24, 2.45) is 0 Å². The van der Waals surface area contributed by atoms with Gasteiger partial charge in [-0.3, -0.25) is 9.59 Å². The Kier molecular flexibility index (Phi) is 6.19. The number of hydrogen-bond donors (Lipinski definition) is 2. The normalized spacial score (nSPS) is 11.9. The molecule has 1 amide bonds. The molecule has 5 heteroatoms. The fourth-order valence-corrected chi connectivity index (χ4v) is 3.95. The van der Waals surface area contributed by atoms with E-state index in [1.54, 1.807) is 12.3 Å². The third-order valence-corrected chi connectivity index (χ3v) is 5.73. The number of ketones is 1. The maximum atomic E-state index is 13.3. The van der Waals surface area contributed by atoms with Crippen LogP contribution in [0, 0.1) is 6.92 Å². The molecule has 0 aliphatic rings. The number of aromatic amines is 1. The van der Waals surface area contributed by atoms with E-state index in [9.17, 15) is 9.59 Å². The molecule has 31 heavy (non-hydrogen) atoms. The number of Topliss-reactive ketones (excluding diaryl/α,β-unsaturated/α-hetero) is 1. The molecule has 4 aromatic rings. The molecule has 0 radical (unpaired) electrons. The van der Waals surface area contributed by atoms with Crippen LogP contribution in [0.25, 0.3) is 10.9 Å². The van der Waals surface area contributed by atoms with Gasteiger partial charge in [-0.2, -0.15) is 0 Å². The van der Waals surface area contributed by atoms with Crippen molar-refractivity contribution in [3.05, 3.63) is 106 Å². The predicted molar refractivity (Wildman–Crippen MR) is 125 cm³/mol. The van der Waals surface area contributed by atoms with E-state index in [0.717, 1.165) is 27.6 Å². The molecule has 0 saturated heterocycles. The van der Waals surface area contributed by atoms with Gasteiger partial charge in [-0.25, -0.2) is 0 Å². The second kappa shape index (κ2) is 9.19. The van der Waals surface area contributed by atoms with Gasteiger partial charge in [0.05, 0.1) is 6.04 Å². The molecule has 156 valence electrons. The van der Waals surface area contributed by atoms with Gasteiger partial charge in [0, 0.05) is 34.1 Å². The van der Waals surface area contributed by atoms with Crippen LogP contribution >= 0.6 is 11.6 Å². The Morgan fingerprint density at radius 3 is 2.61 bits per heavy atom. The molecule has 1 heterocycles. The minimum atomic E-state index is -0.650. The molecule has 0 saturated carbocycles. The van der Waals surface area contributed by atoms with Crippen LogP contribution in [0.5, 0.6) is 0 Å². The highest BCUT2D eigenvalue weighted by molar-refractivity contribution is 6.30. The first-order chi connectivity index (χ1) is 15.0. The van der Waals surface area contributed by atoms with Crippen LogP contribution in [-0.4, -0.2) is 22.7 Å². The van der Waals surface area contributed by atoms with Crippen molar-refractivity contribution in [3.63, 3.8) is 0 Å². The lowest BCUT2D eigenvalue weighted by Crippen LogP contribution is -2.43. The number of benzene rings is 3. The largest absolute Gasteiger partial charge is 0.361 e. The van der Waals surface area contributed by atoms with Crippen molar-refractivity contribution in [1.82, 2.24) is 10.3 Å². The van der Waals surface area contributed by atoms with Crippen molar-refractivity contribution in [2.45, 2.75) is 25.8 Å². The zero-order valence-electron chi connectivity index (χ0n) is 17.2. The monoisotopic (exact) mass is 430 g/mol. The molecule has 0 spiro atoms. The van der Waals surface area contributed by atoms with E-state index in [1.807, 2.05) is 73.7 Å². The van der Waals surface area contributed by atoms with Gasteiger partial charge < -0.3 is 10.3 Å². The van der Waals surface area contributed by atoms with E-state index in [2.05, 4.69) is 10.3 Å². The molecule has 3 aromatic carbocycles. The molecule has 4 rings (SSSR count). The maximum absolute atomic E-state index is 13.3. The van der Waals surface area contributed by atoms with Gasteiger partial charge in [-0.15, -0.1) is 0 Å². The Bertz CT molecular complexity index is 1230. The molecule has 1 unspecified atom stereocenters. The zero-order valence-corrected chi connectivity index (χ0v) is 17.9. The number of aryl methyl sites for hydroxylation is 1. The summed E-state index contributed by atoms with van der Waals surface area (Å²) in [7, 11) is 0. The van der Waals surface area contributed by atoms with Crippen LogP contribution in [0.3, 0.4) is 0 Å². The number of carbonyl (C=O) groups excluding carboxylic acids is 2. The summed E-state index contributed by atoms with van der Waals surface area (Å²) in [4.78, 5) is 29.5. The lowest BCUT2D eigenvalue weighted by molar-refractivity contribution is -0.120. The van der Waals surface area contributed by atoms with Gasteiger partial charge >= 0.3 is 0 Å². The first-order valence-electron chi connectivity index (χ1n) is 10.2. The van der Waals surface area contributed by atoms with E-state index >= 15 is 0 Å². The van der Waals surface area contributed by atoms with Gasteiger partial charge in [-0.05, 0) is 60.4 Å². The number of nitrogens with one attached hydrogen (secondary N) is 2. The highest BCUT2D eigenvalue weighted by Crippen LogP contribution is 2.19. The number of amides is 1. The Hall–Kier alpha value is -3.37. The summed E-state index contributed by atoms with van der Waals surface area (Å²) >= 11 is 6.13. The van der Waals surface area contributed by atoms with Crippen molar-refractivity contribution in [3.8, 4) is 0 Å². The Morgan fingerprint density at radius 2 is 1.81 bits per heavy atom. The molecule has 0 aliphatic carbocycles. The van der Waals surface area contributed by atoms with Crippen LogP contribution in [0.15, 0.2) is 79.0 Å². The van der Waals surface area contributed by atoms with E-state index in [0.29, 0.717) is 17.0 Å². The molecule has 0 fully saturated rings. The smallest absolute Gasteiger partial charge is 0.252 e. The molecule has 2 N–H and O–H groups in total. The second-order valence-electron chi connectivity index (χ2n) is 7.67. The first kappa shape index (κ1) is 20.9. The lowest BCUT2D eigenvalue weighted by Gasteiger charge is -2.19. The van der Waals surface area contributed by atoms with Crippen LogP contribution in [0.2, 0.25) is 5.02 Å². The third kappa shape index (κ3) is 4.86. The molecule has 1 aromatic heterocycles. The van der Waals surface area contributed by atoms with Gasteiger partial charge in [-0.1, -0.05) is 54.1 Å². The van der Waals surface area contributed by atoms with Gasteiger partial charge in [0.2, 0.25) is 0 Å². The number of H-pyrrole nitrogens is 1. The van der Waals surface area contributed by atoms with Gasteiger partial charge in [0.1, 0.15) is 0 Å². The summed E-state index contributed by atoms with van der Waals surface area (Å²) in [5.74, 6) is -0.314. The topological polar surface area (TPSA) is 62.0 Å². The second-order valence-corrected chi connectivity index (χ2v) is 8.11. The minimum Gasteiger partial charge on any atom is -0.361 e. The van der Waals surface area contributed by atoms with Crippen LogP contribution < -0.4 is 5.32 Å². The highest BCUT2D eigenvalue weighted by Gasteiger charge is 2.23. The molecular formula is C26H23ClN2O2. The SMILES string of the molecule is Cc1ccc(Cl)cc1CC(=O)C(Cc1ccccc1)NC(=O)c1cccc2[nH]ccc12. The first-order valence-corrected chi connectivity index (χ1v) is 10.6. The minimum absolute atomic E-state index is 0.0520. The van der Waals surface area contributed by atoms with E-state index < -0.39 is 6.04 Å². The number of halogens is 1. The Balaban J connectivity index is 1.60. The molecule has 4 nitrogen and oxygen atoms in total. The summed E-state index contributed by atoms with van der Waals surface area (Å²) in [6.07, 6.45) is 2.43. The van der Waals surface area contributed by atoms with Gasteiger partial charge in [0.15, 0.2) is 5.78 Å².